The minimum atomic E-state index is 0.213. The third kappa shape index (κ3) is 4.67. The number of carbonyl (C=O) groups is 1. The number of carbonyl (C=O) groups excluding carboxylic acids is 1. The first kappa shape index (κ1) is 27.6. The number of aldehydes is 1. The molecule has 9 rings (SSSR count). The summed E-state index contributed by atoms with van der Waals surface area (Å²) in [4.78, 5) is 12.0. The van der Waals surface area contributed by atoms with E-state index in [1.165, 1.54) is 83.3 Å². The van der Waals surface area contributed by atoms with Gasteiger partial charge in [-0.3, -0.25) is 42.5 Å². The Kier molecular flexibility index (Phi) is 7.44. The fourth-order valence-electron chi connectivity index (χ4n) is 12.1. The van der Waals surface area contributed by atoms with Crippen molar-refractivity contribution in [2.75, 3.05) is 0 Å². The minimum absolute atomic E-state index is 0.213. The molecule has 0 radical (unpaired) electrons. The van der Waals surface area contributed by atoms with Gasteiger partial charge in [-0.2, -0.15) is 0 Å². The number of rotatable bonds is 1. The van der Waals surface area contributed by atoms with Crippen LogP contribution in [0.4, 0.5) is 0 Å². The molecule has 4 aliphatic carbocycles. The van der Waals surface area contributed by atoms with Crippen LogP contribution in [0.2, 0.25) is 0 Å². The first-order chi connectivity index (χ1) is 20.7. The molecule has 0 spiro atoms. The molecule has 5 heterocycles. The summed E-state index contributed by atoms with van der Waals surface area (Å²) in [6.45, 7) is 0. The Bertz CT molecular complexity index is 997. The van der Waals surface area contributed by atoms with Crippen molar-refractivity contribution in [3.63, 3.8) is 0 Å². The Labute approximate surface area is 252 Å². The van der Waals surface area contributed by atoms with E-state index in [-0.39, 0.29) is 12.1 Å². The van der Waals surface area contributed by atoms with Gasteiger partial charge in [0.05, 0.1) is 49.3 Å². The number of fused-ring (bicyclic) bond motifs is 20. The van der Waals surface area contributed by atoms with Crippen molar-refractivity contribution in [1.82, 2.24) is 42.5 Å². The van der Waals surface area contributed by atoms with E-state index >= 15 is 0 Å². The van der Waals surface area contributed by atoms with E-state index in [1.807, 2.05) is 0 Å². The second-order valence-corrected chi connectivity index (χ2v) is 16.0. The second kappa shape index (κ2) is 11.3. The monoisotopic (exact) mass is 580 g/mol. The van der Waals surface area contributed by atoms with Crippen molar-refractivity contribution in [2.24, 2.45) is 53.3 Å². The van der Waals surface area contributed by atoms with Crippen molar-refractivity contribution in [3.8, 4) is 0 Å². The molecule has 0 aromatic rings. The van der Waals surface area contributed by atoms with Gasteiger partial charge in [-0.1, -0.05) is 38.5 Å². The van der Waals surface area contributed by atoms with Crippen LogP contribution in [0.25, 0.3) is 0 Å². The molecule has 0 amide bonds. The highest BCUT2D eigenvalue weighted by Gasteiger charge is 2.54. The van der Waals surface area contributed by atoms with Crippen LogP contribution in [-0.2, 0) is 4.79 Å². The van der Waals surface area contributed by atoms with Gasteiger partial charge in [0.25, 0.3) is 0 Å². The van der Waals surface area contributed by atoms with Crippen molar-refractivity contribution in [1.29, 1.82) is 0 Å². The lowest BCUT2D eigenvalue weighted by Crippen LogP contribution is -2.61. The maximum atomic E-state index is 12.0. The number of hydrogen-bond acceptors (Lipinski definition) is 9. The Hall–Kier alpha value is -0.650. The van der Waals surface area contributed by atoms with Gasteiger partial charge >= 0.3 is 0 Å². The molecule has 0 aromatic carbocycles. The maximum Gasteiger partial charge on any atom is 0.123 e. The molecule has 9 aliphatic rings. The molecule has 4 saturated carbocycles. The molecule has 8 bridgehead atoms. The van der Waals surface area contributed by atoms with Gasteiger partial charge in [-0.05, 0) is 105 Å². The topological polar surface area (TPSA) is 113 Å². The zero-order chi connectivity index (χ0) is 27.8. The largest absolute Gasteiger partial charge is 0.303 e. The van der Waals surface area contributed by atoms with Gasteiger partial charge in [0.15, 0.2) is 0 Å². The molecule has 5 saturated heterocycles. The van der Waals surface area contributed by atoms with Gasteiger partial charge < -0.3 is 4.79 Å². The fraction of sp³-hybridized carbons (Fsp3) is 0.970. The van der Waals surface area contributed by atoms with E-state index in [0.29, 0.717) is 90.5 Å². The molecule has 17 atom stereocenters. The lowest BCUT2D eigenvalue weighted by Gasteiger charge is -2.36. The van der Waals surface area contributed by atoms with Gasteiger partial charge in [0, 0.05) is 5.92 Å². The van der Waals surface area contributed by atoms with E-state index in [2.05, 4.69) is 42.5 Å². The highest BCUT2D eigenvalue weighted by molar-refractivity contribution is 5.53. The van der Waals surface area contributed by atoms with Gasteiger partial charge in [0.2, 0.25) is 0 Å². The van der Waals surface area contributed by atoms with Crippen LogP contribution in [-0.4, -0.2) is 55.6 Å². The fourth-order valence-corrected chi connectivity index (χ4v) is 12.1. The Morgan fingerprint density at radius 1 is 0.333 bits per heavy atom. The van der Waals surface area contributed by atoms with Crippen LogP contribution in [0.5, 0.6) is 0 Å². The number of nitrogens with one attached hydrogen (secondary N) is 8. The Balaban J connectivity index is 1.05. The first-order valence-corrected chi connectivity index (χ1v) is 18.3. The second-order valence-electron chi connectivity index (χ2n) is 16.0. The predicted octanol–water partition coefficient (Wildman–Crippen LogP) is 2.03. The van der Waals surface area contributed by atoms with Crippen molar-refractivity contribution >= 4 is 6.29 Å². The Morgan fingerprint density at radius 2 is 0.595 bits per heavy atom. The molecule has 9 fully saturated rings. The van der Waals surface area contributed by atoms with Crippen LogP contribution in [0.1, 0.15) is 96.3 Å². The van der Waals surface area contributed by atoms with E-state index in [0.717, 1.165) is 19.3 Å². The summed E-state index contributed by atoms with van der Waals surface area (Å²) in [6, 6.07) is 0. The number of hydrogen-bond donors (Lipinski definition) is 8. The molecule has 9 nitrogen and oxygen atoms in total. The predicted molar refractivity (Wildman–Crippen MR) is 162 cm³/mol. The molecular weight excluding hydrogens is 524 g/mol. The lowest BCUT2D eigenvalue weighted by atomic mass is 9.73. The van der Waals surface area contributed by atoms with E-state index < -0.39 is 0 Å². The summed E-state index contributed by atoms with van der Waals surface area (Å²) in [6.07, 6.45) is 23.3. The molecule has 234 valence electrons. The van der Waals surface area contributed by atoms with Gasteiger partial charge in [-0.15, -0.1) is 0 Å². The van der Waals surface area contributed by atoms with Crippen molar-refractivity contribution in [2.45, 2.75) is 146 Å². The van der Waals surface area contributed by atoms with E-state index in [1.54, 1.807) is 0 Å². The summed E-state index contributed by atoms with van der Waals surface area (Å²) in [5.74, 6) is 5.44. The lowest BCUT2D eigenvalue weighted by molar-refractivity contribution is -0.112. The third-order valence-corrected chi connectivity index (χ3v) is 14.1. The first-order valence-electron chi connectivity index (χ1n) is 18.3. The van der Waals surface area contributed by atoms with E-state index in [9.17, 15) is 4.79 Å². The van der Waals surface area contributed by atoms with Crippen molar-refractivity contribution in [3.05, 3.63) is 0 Å². The van der Waals surface area contributed by atoms with Gasteiger partial charge in [-0.25, -0.2) is 0 Å². The molecule has 5 aliphatic heterocycles. The van der Waals surface area contributed by atoms with Gasteiger partial charge in [0.1, 0.15) is 6.29 Å². The molecule has 17 unspecified atom stereocenters. The van der Waals surface area contributed by atoms with Crippen LogP contribution >= 0.6 is 0 Å². The van der Waals surface area contributed by atoms with E-state index in [4.69, 9.17) is 0 Å². The van der Waals surface area contributed by atoms with Crippen LogP contribution in [0, 0.1) is 53.3 Å². The molecule has 42 heavy (non-hydrogen) atoms. The van der Waals surface area contributed by atoms with Crippen LogP contribution in [0.3, 0.4) is 0 Å². The zero-order valence-electron chi connectivity index (χ0n) is 25.4. The standard InChI is InChI=1S/C33H56N8O/c42-16-17-13-14-24-25(15-17)33-40-31-23-12-6-5-11-22(23)29(38-31)36-27-19-8-2-1-7-18(19)26(34-27)35-28-20-9-3-4-10-21(20)30(37-28)39-32(24)41-33/h16-41H,1-15H2. The molecule has 8 N–H and O–H groups in total. The smallest absolute Gasteiger partial charge is 0.123 e. The quantitative estimate of drug-likeness (QED) is 0.221. The zero-order valence-corrected chi connectivity index (χ0v) is 25.4. The molecular formula is C33H56N8O. The van der Waals surface area contributed by atoms with Crippen LogP contribution < -0.4 is 42.5 Å². The third-order valence-electron chi connectivity index (χ3n) is 14.1. The molecule has 9 heteroatoms. The summed E-state index contributed by atoms with van der Waals surface area (Å²) in [5, 5.41) is 33.4. The summed E-state index contributed by atoms with van der Waals surface area (Å²) < 4.78 is 0. The highest BCUT2D eigenvalue weighted by Crippen LogP contribution is 2.46. The van der Waals surface area contributed by atoms with Crippen molar-refractivity contribution < 1.29 is 4.79 Å². The SMILES string of the molecule is O=CC1CCC2C3NC4NC(NC5NC(NC6NC(NC(N3)C2C1)C1CCCCC61)C1CCCCC51)C1CCCCC41. The average Bonchev–Trinajstić information content (AvgIpc) is 3.76. The Morgan fingerprint density at radius 3 is 0.881 bits per heavy atom. The van der Waals surface area contributed by atoms with Crippen LogP contribution in [0.15, 0.2) is 0 Å². The maximum absolute atomic E-state index is 12.0. The summed E-state index contributed by atoms with van der Waals surface area (Å²) in [5.41, 5.74) is 0. The summed E-state index contributed by atoms with van der Waals surface area (Å²) in [7, 11) is 0. The average molecular weight is 581 g/mol. The highest BCUT2D eigenvalue weighted by atomic mass is 16.1. The molecule has 0 aromatic heterocycles. The summed E-state index contributed by atoms with van der Waals surface area (Å²) >= 11 is 0. The minimum Gasteiger partial charge on any atom is -0.303 e. The normalized spacial score (nSPS) is 57.1.